The van der Waals surface area contributed by atoms with E-state index in [9.17, 15) is 9.90 Å². The van der Waals surface area contributed by atoms with Crippen LogP contribution in [0.25, 0.3) is 11.2 Å². The summed E-state index contributed by atoms with van der Waals surface area (Å²) in [7, 11) is 0. The molecule has 137 valence electrons. The lowest BCUT2D eigenvalue weighted by Gasteiger charge is -2.27. The van der Waals surface area contributed by atoms with Gasteiger partial charge in [-0.25, -0.2) is 15.0 Å². The zero-order valence-electron chi connectivity index (χ0n) is 14.1. The Labute approximate surface area is 154 Å². The molecule has 2 bridgehead atoms. The van der Waals surface area contributed by atoms with Crippen molar-refractivity contribution >= 4 is 22.9 Å². The Balaban J connectivity index is 1.48. The first kappa shape index (κ1) is 16.3. The molecule has 0 aliphatic carbocycles. The highest BCUT2D eigenvalue weighted by Gasteiger charge is 2.59. The van der Waals surface area contributed by atoms with Crippen LogP contribution in [0.1, 0.15) is 16.6 Å². The number of amides is 1. The number of rotatable bonds is 3. The third-order valence-corrected chi connectivity index (χ3v) is 4.91. The Morgan fingerprint density at radius 3 is 2.81 bits per heavy atom. The van der Waals surface area contributed by atoms with E-state index in [0.717, 1.165) is 0 Å². The number of fused-ring (bicyclic) bond motifs is 3. The molecule has 0 spiro atoms. The van der Waals surface area contributed by atoms with E-state index in [1.807, 2.05) is 6.07 Å². The number of ether oxygens (including phenoxy) is 2. The summed E-state index contributed by atoms with van der Waals surface area (Å²) in [5.41, 5.74) is 0.394. The summed E-state index contributed by atoms with van der Waals surface area (Å²) in [5.74, 6) is -0.00152. The maximum atomic E-state index is 12.4. The van der Waals surface area contributed by atoms with Crippen molar-refractivity contribution in [3.05, 3.63) is 55.5 Å². The Hall–Kier alpha value is -2.88. The van der Waals surface area contributed by atoms with Crippen LogP contribution in [0.4, 0.5) is 5.82 Å². The minimum absolute atomic E-state index is 0.231. The molecule has 2 aliphatic rings. The third kappa shape index (κ3) is 2.43. The molecule has 1 radical (unpaired) electrons. The van der Waals surface area contributed by atoms with Gasteiger partial charge in [-0.1, -0.05) is 18.2 Å². The number of nitrogens with one attached hydrogen (secondary N) is 1. The lowest BCUT2D eigenvalue weighted by molar-refractivity contribution is -0.154. The van der Waals surface area contributed by atoms with Crippen molar-refractivity contribution in [2.45, 2.75) is 24.0 Å². The van der Waals surface area contributed by atoms with E-state index in [4.69, 9.17) is 9.47 Å². The normalized spacial score (nSPS) is 29.3. The molecule has 2 fully saturated rings. The number of aliphatic hydroxyl groups is 1. The lowest BCUT2D eigenvalue weighted by atomic mass is 10.0. The highest BCUT2D eigenvalue weighted by Crippen LogP contribution is 2.45. The van der Waals surface area contributed by atoms with Crippen LogP contribution >= 0.6 is 0 Å². The number of aliphatic hydroxyl groups excluding tert-OH is 1. The van der Waals surface area contributed by atoms with Gasteiger partial charge in [0, 0.05) is 5.56 Å². The van der Waals surface area contributed by atoms with Gasteiger partial charge >= 0.3 is 0 Å². The standard InChI is InChI=1S/C18H16N5O4/c1-18-7-26-12(13(18)24)17(27-18)23-9-21-11-14(19-8-20-15(11)23)22-16(25)10-5-3-2-4-6-10/h2-6,8-9,12-13,17,24H,1,7H2,(H,19,20,22,25)/t12-,13+,17-,18-/m1/s1. The molecule has 2 saturated heterocycles. The molecule has 9 nitrogen and oxygen atoms in total. The molecule has 27 heavy (non-hydrogen) atoms. The Morgan fingerprint density at radius 2 is 2.11 bits per heavy atom. The van der Waals surface area contributed by atoms with Gasteiger partial charge in [-0.15, -0.1) is 0 Å². The van der Waals surface area contributed by atoms with Gasteiger partial charge < -0.3 is 19.9 Å². The van der Waals surface area contributed by atoms with Crippen LogP contribution in [0, 0.1) is 6.92 Å². The van der Waals surface area contributed by atoms with Crippen molar-refractivity contribution in [3.8, 4) is 0 Å². The topological polar surface area (TPSA) is 111 Å². The Bertz CT molecular complexity index is 1020. The minimum atomic E-state index is -0.997. The van der Waals surface area contributed by atoms with Gasteiger partial charge in [0.15, 0.2) is 23.2 Å². The smallest absolute Gasteiger partial charge is 0.256 e. The summed E-state index contributed by atoms with van der Waals surface area (Å²) in [4.78, 5) is 25.1. The molecule has 2 aliphatic heterocycles. The van der Waals surface area contributed by atoms with Crippen LogP contribution in [-0.2, 0) is 9.47 Å². The van der Waals surface area contributed by atoms with Crippen LogP contribution < -0.4 is 5.32 Å². The van der Waals surface area contributed by atoms with Gasteiger partial charge in [0.1, 0.15) is 24.1 Å². The molecule has 2 N–H and O–H groups in total. The van der Waals surface area contributed by atoms with Gasteiger partial charge in [-0.3, -0.25) is 9.36 Å². The molecule has 0 saturated carbocycles. The molecule has 4 heterocycles. The largest absolute Gasteiger partial charge is 0.387 e. The fourth-order valence-electron chi connectivity index (χ4n) is 3.48. The van der Waals surface area contributed by atoms with Crippen molar-refractivity contribution < 1.29 is 19.4 Å². The number of hydrogen-bond acceptors (Lipinski definition) is 7. The highest BCUT2D eigenvalue weighted by molar-refractivity contribution is 6.06. The van der Waals surface area contributed by atoms with E-state index in [0.29, 0.717) is 22.5 Å². The van der Waals surface area contributed by atoms with Gasteiger partial charge in [-0.2, -0.15) is 0 Å². The third-order valence-electron chi connectivity index (χ3n) is 4.91. The zero-order chi connectivity index (χ0) is 18.6. The average molecular weight is 366 g/mol. The van der Waals surface area contributed by atoms with Gasteiger partial charge in [0.05, 0.1) is 12.9 Å². The predicted molar refractivity (Wildman–Crippen MR) is 93.7 cm³/mol. The second-order valence-electron chi connectivity index (χ2n) is 6.66. The van der Waals surface area contributed by atoms with Gasteiger partial charge in [0.25, 0.3) is 5.91 Å². The van der Waals surface area contributed by atoms with Crippen molar-refractivity contribution in [2.24, 2.45) is 0 Å². The van der Waals surface area contributed by atoms with E-state index in [2.05, 4.69) is 27.2 Å². The van der Waals surface area contributed by atoms with Crippen LogP contribution in [0.5, 0.6) is 0 Å². The SMILES string of the molecule is [CH2][C@]12CO[C@@H]([C@H](n3cnc4c(NC(=O)c5ccccc5)ncnc43)O1)[C@@H]2O. The van der Waals surface area contributed by atoms with Crippen molar-refractivity contribution in [3.63, 3.8) is 0 Å². The number of hydrogen-bond donors (Lipinski definition) is 2. The van der Waals surface area contributed by atoms with Gasteiger partial charge in [0.2, 0.25) is 0 Å². The summed E-state index contributed by atoms with van der Waals surface area (Å²) in [6, 6.07) is 8.82. The average Bonchev–Trinajstić information content (AvgIpc) is 3.31. The monoisotopic (exact) mass is 366 g/mol. The van der Waals surface area contributed by atoms with E-state index in [1.54, 1.807) is 28.8 Å². The number of aromatic nitrogens is 4. The summed E-state index contributed by atoms with van der Waals surface area (Å²) < 4.78 is 13.2. The van der Waals surface area contributed by atoms with Gasteiger partial charge in [-0.05, 0) is 19.1 Å². The molecule has 1 amide bonds. The maximum absolute atomic E-state index is 12.4. The second kappa shape index (κ2) is 5.81. The maximum Gasteiger partial charge on any atom is 0.256 e. The highest BCUT2D eigenvalue weighted by atomic mass is 16.6. The molecule has 3 aromatic rings. The summed E-state index contributed by atoms with van der Waals surface area (Å²) in [5, 5.41) is 13.0. The number of nitrogens with zero attached hydrogens (tertiary/aromatic N) is 4. The summed E-state index contributed by atoms with van der Waals surface area (Å²) >= 11 is 0. The van der Waals surface area contributed by atoms with Crippen molar-refractivity contribution in [1.82, 2.24) is 19.5 Å². The van der Waals surface area contributed by atoms with Crippen LogP contribution in [0.3, 0.4) is 0 Å². The molecule has 9 heteroatoms. The number of carbonyl (C=O) groups is 1. The summed E-state index contributed by atoms with van der Waals surface area (Å²) in [6.45, 7) is 4.15. The van der Waals surface area contributed by atoms with E-state index in [1.165, 1.54) is 12.7 Å². The van der Waals surface area contributed by atoms with Crippen LogP contribution in [-0.4, -0.2) is 54.9 Å². The quantitative estimate of drug-likeness (QED) is 0.709. The van der Waals surface area contributed by atoms with Crippen molar-refractivity contribution in [2.75, 3.05) is 11.9 Å². The molecular weight excluding hydrogens is 350 g/mol. The molecular formula is C18H16N5O4. The number of anilines is 1. The Morgan fingerprint density at radius 1 is 1.30 bits per heavy atom. The van der Waals surface area contributed by atoms with Crippen LogP contribution in [0.15, 0.2) is 43.0 Å². The van der Waals surface area contributed by atoms with Crippen LogP contribution in [0.2, 0.25) is 0 Å². The van der Waals surface area contributed by atoms with E-state index >= 15 is 0 Å². The molecule has 5 rings (SSSR count). The fourth-order valence-corrected chi connectivity index (χ4v) is 3.48. The van der Waals surface area contributed by atoms with Crippen molar-refractivity contribution in [1.29, 1.82) is 0 Å². The van der Waals surface area contributed by atoms with E-state index in [-0.39, 0.29) is 12.5 Å². The first-order valence-electron chi connectivity index (χ1n) is 8.44. The molecule has 4 atom stereocenters. The lowest BCUT2D eigenvalue weighted by Crippen LogP contribution is -2.36. The van der Waals surface area contributed by atoms with E-state index < -0.39 is 24.0 Å². The minimum Gasteiger partial charge on any atom is -0.387 e. The molecule has 0 unspecified atom stereocenters. The Kier molecular flexibility index (Phi) is 3.51. The zero-order valence-corrected chi connectivity index (χ0v) is 14.1. The fraction of sp³-hybridized carbons (Fsp3) is 0.278. The first-order chi connectivity index (χ1) is 13.1. The second-order valence-corrected chi connectivity index (χ2v) is 6.66. The summed E-state index contributed by atoms with van der Waals surface area (Å²) in [6.07, 6.45) is 0.869. The molecule has 1 aromatic carbocycles. The number of benzene rings is 1. The first-order valence-corrected chi connectivity index (χ1v) is 8.44. The number of carbonyl (C=O) groups excluding carboxylic acids is 1. The molecule has 2 aromatic heterocycles. The predicted octanol–water partition coefficient (Wildman–Crippen LogP) is 0.940. The number of imidazole rings is 1.